The zero-order valence-corrected chi connectivity index (χ0v) is 17.3. The molecule has 1 aromatic heterocycles. The van der Waals surface area contributed by atoms with E-state index in [2.05, 4.69) is 32.6 Å². The maximum atomic E-state index is 13.4. The molecule has 0 bridgehead atoms. The van der Waals surface area contributed by atoms with Crippen molar-refractivity contribution >= 4 is 34.7 Å². The third kappa shape index (κ3) is 4.18. The molecule has 0 radical (unpaired) electrons. The van der Waals surface area contributed by atoms with Crippen molar-refractivity contribution < 1.29 is 9.18 Å². The monoisotopic (exact) mass is 426 g/mol. The van der Waals surface area contributed by atoms with E-state index in [0.29, 0.717) is 18.2 Å². The summed E-state index contributed by atoms with van der Waals surface area (Å²) in [5, 5.41) is 15.3. The van der Waals surface area contributed by atoms with E-state index in [1.54, 1.807) is 7.05 Å². The van der Waals surface area contributed by atoms with Crippen LogP contribution in [-0.2, 0) is 7.05 Å². The van der Waals surface area contributed by atoms with E-state index in [0.717, 1.165) is 24.6 Å². The van der Waals surface area contributed by atoms with Crippen LogP contribution in [0.25, 0.3) is 5.57 Å². The summed E-state index contributed by atoms with van der Waals surface area (Å²) in [6.07, 6.45) is 0.907. The maximum Gasteiger partial charge on any atom is 0.266 e. The standard InChI is InChI=1S/C21H20ClFN6O/c1-13-9-10-29(21-25-27-28(2)26-21)12-18(13)14-3-6-16(7-4-14)24-20(30)17-11-15(23)5-8-19(17)22/h3-8,11H,9-10,12H2,1-2H3,(H,24,30). The Kier molecular flexibility index (Phi) is 5.50. The fourth-order valence-corrected chi connectivity index (χ4v) is 3.60. The van der Waals surface area contributed by atoms with Crippen molar-refractivity contribution in [1.29, 1.82) is 0 Å². The molecular weight excluding hydrogens is 407 g/mol. The fourth-order valence-electron chi connectivity index (χ4n) is 3.39. The molecule has 2 aromatic carbocycles. The second-order valence-corrected chi connectivity index (χ2v) is 7.57. The number of nitrogens with one attached hydrogen (secondary N) is 1. The highest BCUT2D eigenvalue weighted by molar-refractivity contribution is 6.34. The first-order valence-corrected chi connectivity index (χ1v) is 9.83. The molecule has 1 aliphatic heterocycles. The van der Waals surface area contributed by atoms with Gasteiger partial charge in [0.2, 0.25) is 0 Å². The quantitative estimate of drug-likeness (QED) is 0.683. The van der Waals surface area contributed by atoms with E-state index < -0.39 is 11.7 Å². The Balaban J connectivity index is 1.50. The highest BCUT2D eigenvalue weighted by atomic mass is 35.5. The first-order valence-electron chi connectivity index (χ1n) is 9.45. The maximum absolute atomic E-state index is 13.4. The van der Waals surface area contributed by atoms with Crippen molar-refractivity contribution in [1.82, 2.24) is 20.2 Å². The molecule has 0 aliphatic carbocycles. The second-order valence-electron chi connectivity index (χ2n) is 7.16. The first kappa shape index (κ1) is 20.0. The third-order valence-corrected chi connectivity index (χ3v) is 5.40. The van der Waals surface area contributed by atoms with E-state index in [-0.39, 0.29) is 10.6 Å². The van der Waals surface area contributed by atoms with Gasteiger partial charge in [-0.3, -0.25) is 4.79 Å². The Morgan fingerprint density at radius 1 is 1.20 bits per heavy atom. The molecule has 3 aromatic rings. The van der Waals surface area contributed by atoms with Crippen molar-refractivity contribution in [2.75, 3.05) is 23.3 Å². The molecule has 0 spiro atoms. The van der Waals surface area contributed by atoms with E-state index in [1.165, 1.54) is 28.1 Å². The first-order chi connectivity index (χ1) is 14.4. The van der Waals surface area contributed by atoms with Gasteiger partial charge >= 0.3 is 0 Å². The molecule has 0 saturated carbocycles. The van der Waals surface area contributed by atoms with Crippen LogP contribution >= 0.6 is 11.6 Å². The summed E-state index contributed by atoms with van der Waals surface area (Å²) in [6, 6.07) is 11.3. The Labute approximate surface area is 178 Å². The molecule has 4 rings (SSSR count). The molecule has 1 aliphatic rings. The second kappa shape index (κ2) is 8.23. The normalized spacial score (nSPS) is 14.2. The van der Waals surface area contributed by atoms with Crippen LogP contribution in [0.4, 0.5) is 16.0 Å². The van der Waals surface area contributed by atoms with Gasteiger partial charge in [-0.05, 0) is 60.0 Å². The highest BCUT2D eigenvalue weighted by Crippen LogP contribution is 2.29. The topological polar surface area (TPSA) is 75.9 Å². The van der Waals surface area contributed by atoms with Gasteiger partial charge in [0, 0.05) is 18.8 Å². The molecule has 7 nitrogen and oxygen atoms in total. The number of rotatable bonds is 4. The number of hydrogen-bond acceptors (Lipinski definition) is 5. The minimum Gasteiger partial charge on any atom is -0.334 e. The number of tetrazole rings is 1. The zero-order valence-electron chi connectivity index (χ0n) is 16.6. The zero-order chi connectivity index (χ0) is 21.3. The van der Waals surface area contributed by atoms with Crippen molar-refractivity contribution in [3.8, 4) is 0 Å². The molecule has 0 saturated heterocycles. The lowest BCUT2D eigenvalue weighted by Gasteiger charge is -2.29. The van der Waals surface area contributed by atoms with Gasteiger partial charge in [0.15, 0.2) is 0 Å². The minimum absolute atomic E-state index is 0.0960. The highest BCUT2D eigenvalue weighted by Gasteiger charge is 2.21. The number of aromatic nitrogens is 4. The summed E-state index contributed by atoms with van der Waals surface area (Å²) in [6.45, 7) is 3.64. The van der Waals surface area contributed by atoms with Crippen molar-refractivity contribution in [3.63, 3.8) is 0 Å². The predicted octanol–water partition coefficient (Wildman–Crippen LogP) is 3.94. The Morgan fingerprint density at radius 2 is 1.97 bits per heavy atom. The van der Waals surface area contributed by atoms with Crippen LogP contribution in [0, 0.1) is 5.82 Å². The van der Waals surface area contributed by atoms with Crippen LogP contribution < -0.4 is 10.2 Å². The average Bonchev–Trinajstić information content (AvgIpc) is 3.17. The van der Waals surface area contributed by atoms with Crippen LogP contribution in [0.15, 0.2) is 48.0 Å². The van der Waals surface area contributed by atoms with Gasteiger partial charge in [0.25, 0.3) is 11.9 Å². The van der Waals surface area contributed by atoms with Crippen molar-refractivity contribution in [3.05, 3.63) is 70.0 Å². The number of hydrogen-bond donors (Lipinski definition) is 1. The SMILES string of the molecule is CC1=C(c2ccc(NC(=O)c3cc(F)ccc3Cl)cc2)CN(c2nnn(C)n2)CC1. The Bertz CT molecular complexity index is 1120. The fraction of sp³-hybridized carbons (Fsp3) is 0.238. The molecule has 0 unspecified atom stereocenters. The number of halogens is 2. The van der Waals surface area contributed by atoms with Crippen LogP contribution in [0.3, 0.4) is 0 Å². The van der Waals surface area contributed by atoms with Crippen LogP contribution in [0.1, 0.15) is 29.3 Å². The summed E-state index contributed by atoms with van der Waals surface area (Å²) < 4.78 is 13.4. The molecule has 1 amide bonds. The van der Waals surface area contributed by atoms with Gasteiger partial charge in [-0.2, -0.15) is 4.80 Å². The third-order valence-electron chi connectivity index (χ3n) is 5.07. The lowest BCUT2D eigenvalue weighted by molar-refractivity contribution is 0.102. The number of carbonyl (C=O) groups is 1. The lowest BCUT2D eigenvalue weighted by atomic mass is 9.95. The Hall–Kier alpha value is -3.26. The van der Waals surface area contributed by atoms with Gasteiger partial charge in [0.05, 0.1) is 17.6 Å². The van der Waals surface area contributed by atoms with Gasteiger partial charge in [-0.25, -0.2) is 4.39 Å². The summed E-state index contributed by atoms with van der Waals surface area (Å²) in [7, 11) is 1.74. The van der Waals surface area contributed by atoms with E-state index in [4.69, 9.17) is 11.6 Å². The number of carbonyl (C=O) groups excluding carboxylic acids is 1. The van der Waals surface area contributed by atoms with Gasteiger partial charge in [-0.15, -0.1) is 5.10 Å². The van der Waals surface area contributed by atoms with E-state index in [1.807, 2.05) is 24.3 Å². The summed E-state index contributed by atoms with van der Waals surface area (Å²) in [5.74, 6) is -0.361. The number of amides is 1. The molecule has 30 heavy (non-hydrogen) atoms. The number of aryl methyl sites for hydroxylation is 1. The predicted molar refractivity (Wildman–Crippen MR) is 114 cm³/mol. The molecular formula is C21H20ClFN6O. The average molecular weight is 427 g/mol. The van der Waals surface area contributed by atoms with Crippen molar-refractivity contribution in [2.24, 2.45) is 7.05 Å². The smallest absolute Gasteiger partial charge is 0.266 e. The lowest BCUT2D eigenvalue weighted by Crippen LogP contribution is -2.31. The Morgan fingerprint density at radius 3 is 2.67 bits per heavy atom. The summed E-state index contributed by atoms with van der Waals surface area (Å²) in [4.78, 5) is 16.0. The molecule has 0 atom stereocenters. The van der Waals surface area contributed by atoms with Gasteiger partial charge in [-0.1, -0.05) is 34.4 Å². The van der Waals surface area contributed by atoms with E-state index >= 15 is 0 Å². The van der Waals surface area contributed by atoms with Crippen LogP contribution in [0.2, 0.25) is 5.02 Å². The molecule has 2 heterocycles. The van der Waals surface area contributed by atoms with Gasteiger partial charge < -0.3 is 10.2 Å². The van der Waals surface area contributed by atoms with Gasteiger partial charge in [0.1, 0.15) is 5.82 Å². The largest absolute Gasteiger partial charge is 0.334 e. The molecule has 1 N–H and O–H groups in total. The van der Waals surface area contributed by atoms with E-state index in [9.17, 15) is 9.18 Å². The summed E-state index contributed by atoms with van der Waals surface area (Å²) >= 11 is 6.01. The van der Waals surface area contributed by atoms with Crippen molar-refractivity contribution in [2.45, 2.75) is 13.3 Å². The summed E-state index contributed by atoms with van der Waals surface area (Å²) in [5.41, 5.74) is 4.25. The number of benzene rings is 2. The molecule has 9 heteroatoms. The molecule has 0 fully saturated rings. The minimum atomic E-state index is -0.512. The molecule has 154 valence electrons. The van der Waals surface area contributed by atoms with Crippen LogP contribution in [0.5, 0.6) is 0 Å². The number of anilines is 2. The van der Waals surface area contributed by atoms with Crippen LogP contribution in [-0.4, -0.2) is 39.2 Å². The number of nitrogens with zero attached hydrogens (tertiary/aromatic N) is 5.